The number of para-hydroxylation sites is 2. The summed E-state index contributed by atoms with van der Waals surface area (Å²) in [6.07, 6.45) is 2.13. The van der Waals surface area contributed by atoms with Crippen molar-refractivity contribution < 1.29 is 9.53 Å². The number of likely N-dealkylation sites (tertiary alicyclic amines) is 1. The van der Waals surface area contributed by atoms with Crippen LogP contribution in [0.1, 0.15) is 41.9 Å². The smallest absolute Gasteiger partial charge is 0.213 e. The topological polar surface area (TPSA) is 52.3 Å². The van der Waals surface area contributed by atoms with Gasteiger partial charge in [0.2, 0.25) is 5.88 Å². The molecule has 0 aliphatic carbocycles. The minimum Gasteiger partial charge on any atom is -0.481 e. The second kappa shape index (κ2) is 10.2. The molecule has 0 atom stereocenters. The van der Waals surface area contributed by atoms with Crippen LogP contribution in [-0.4, -0.2) is 45.0 Å². The quantitative estimate of drug-likeness (QED) is 0.206. The maximum absolute atomic E-state index is 13.1. The molecule has 0 saturated carbocycles. The lowest BCUT2D eigenvalue weighted by atomic mass is 9.98. The summed E-state index contributed by atoms with van der Waals surface area (Å²) in [6, 6.07) is 29.9. The molecule has 1 aliphatic heterocycles. The third-order valence-corrected chi connectivity index (χ3v) is 8.75. The van der Waals surface area contributed by atoms with Gasteiger partial charge in [-0.2, -0.15) is 0 Å². The molecule has 0 unspecified atom stereocenters. The number of Topliss-reactive ketones (excluding diaryl/α,β-unsaturated/α-hetero) is 1. The standard InChI is InChI=1S/C35H34N4O2/c1-23(40)33-26-11-4-6-14-29(26)37(2)35(33)28-13-9-16-31-34(28)27-12-5-7-15-30(27)39(31)25-18-20-38(21-19-25)22-24-10-8-17-32(36-24)41-3/h4-17,25H,18-22H2,1-3H3. The first-order chi connectivity index (χ1) is 20.0. The predicted molar refractivity (Wildman–Crippen MR) is 166 cm³/mol. The van der Waals surface area contributed by atoms with Crippen LogP contribution < -0.4 is 4.74 Å². The second-order valence-electron chi connectivity index (χ2n) is 11.1. The highest BCUT2D eigenvalue weighted by atomic mass is 16.5. The van der Waals surface area contributed by atoms with Crippen LogP contribution in [0.5, 0.6) is 5.88 Å². The second-order valence-corrected chi connectivity index (χ2v) is 11.1. The Labute approximate surface area is 239 Å². The van der Waals surface area contributed by atoms with Gasteiger partial charge in [-0.25, -0.2) is 4.98 Å². The van der Waals surface area contributed by atoms with Crippen molar-refractivity contribution in [3.05, 3.63) is 96.2 Å². The van der Waals surface area contributed by atoms with Crippen molar-refractivity contribution in [3.63, 3.8) is 0 Å². The molecule has 3 aromatic carbocycles. The number of hydrogen-bond acceptors (Lipinski definition) is 4. The molecule has 0 N–H and O–H groups in total. The number of ether oxygens (including phenoxy) is 1. The average molecular weight is 543 g/mol. The zero-order chi connectivity index (χ0) is 28.1. The summed E-state index contributed by atoms with van der Waals surface area (Å²) >= 11 is 0. The minimum absolute atomic E-state index is 0.0930. The van der Waals surface area contributed by atoms with Gasteiger partial charge in [-0.15, -0.1) is 0 Å². The number of benzene rings is 3. The maximum atomic E-state index is 13.1. The first kappa shape index (κ1) is 25.5. The summed E-state index contributed by atoms with van der Waals surface area (Å²) in [6.45, 7) is 4.53. The zero-order valence-electron chi connectivity index (χ0n) is 23.8. The number of hydrogen-bond donors (Lipinski definition) is 0. The number of methoxy groups -OCH3 is 1. The van der Waals surface area contributed by atoms with Gasteiger partial charge in [-0.1, -0.05) is 54.6 Å². The van der Waals surface area contributed by atoms with E-state index in [4.69, 9.17) is 4.74 Å². The van der Waals surface area contributed by atoms with Crippen LogP contribution in [0.4, 0.5) is 0 Å². The molecule has 0 amide bonds. The van der Waals surface area contributed by atoms with E-state index in [1.54, 1.807) is 14.0 Å². The number of aromatic nitrogens is 3. The van der Waals surface area contributed by atoms with Crippen LogP contribution in [-0.2, 0) is 13.6 Å². The van der Waals surface area contributed by atoms with Gasteiger partial charge in [-0.05, 0) is 44.0 Å². The molecule has 0 radical (unpaired) electrons. The lowest BCUT2D eigenvalue weighted by molar-refractivity contribution is 0.101. The Morgan fingerprint density at radius 2 is 1.54 bits per heavy atom. The van der Waals surface area contributed by atoms with E-state index in [1.165, 1.54) is 21.8 Å². The minimum atomic E-state index is 0.0930. The third-order valence-electron chi connectivity index (χ3n) is 8.75. The number of nitrogens with zero attached hydrogens (tertiary/aromatic N) is 4. The SMILES string of the molecule is COc1cccc(CN2CCC(n3c4ccccc4c4c(-c5c(C(C)=O)c6ccccc6n5C)cccc43)CC2)n1. The average Bonchev–Trinajstić information content (AvgIpc) is 3.50. The Morgan fingerprint density at radius 1 is 0.854 bits per heavy atom. The molecular weight excluding hydrogens is 508 g/mol. The van der Waals surface area contributed by atoms with Crippen LogP contribution in [0.15, 0.2) is 84.9 Å². The largest absolute Gasteiger partial charge is 0.481 e. The van der Waals surface area contributed by atoms with Crippen LogP contribution in [0.3, 0.4) is 0 Å². The Hall–Kier alpha value is -4.42. The molecule has 1 saturated heterocycles. The zero-order valence-corrected chi connectivity index (χ0v) is 23.8. The highest BCUT2D eigenvalue weighted by molar-refractivity contribution is 6.19. The number of ketones is 1. The van der Waals surface area contributed by atoms with E-state index in [2.05, 4.69) is 86.7 Å². The van der Waals surface area contributed by atoms with Crippen molar-refractivity contribution in [2.24, 2.45) is 7.05 Å². The summed E-state index contributed by atoms with van der Waals surface area (Å²) in [5.74, 6) is 0.757. The monoisotopic (exact) mass is 542 g/mol. The lowest BCUT2D eigenvalue weighted by Crippen LogP contribution is -2.34. The number of pyridine rings is 1. The molecule has 0 bridgehead atoms. The fraction of sp³-hybridized carbons (Fsp3) is 0.257. The number of aryl methyl sites for hydroxylation is 1. The summed E-state index contributed by atoms with van der Waals surface area (Å²) in [5.41, 5.74) is 7.51. The van der Waals surface area contributed by atoms with Crippen molar-refractivity contribution in [1.82, 2.24) is 19.0 Å². The molecule has 0 spiro atoms. The van der Waals surface area contributed by atoms with Crippen molar-refractivity contribution in [1.29, 1.82) is 0 Å². The van der Waals surface area contributed by atoms with Crippen molar-refractivity contribution in [2.45, 2.75) is 32.4 Å². The van der Waals surface area contributed by atoms with E-state index in [1.807, 2.05) is 24.3 Å². The van der Waals surface area contributed by atoms with Crippen molar-refractivity contribution in [2.75, 3.05) is 20.2 Å². The molecule has 1 fully saturated rings. The molecule has 6 aromatic rings. The van der Waals surface area contributed by atoms with Gasteiger partial charge in [0.15, 0.2) is 5.78 Å². The molecule has 206 valence electrons. The first-order valence-electron chi connectivity index (χ1n) is 14.4. The summed E-state index contributed by atoms with van der Waals surface area (Å²) in [7, 11) is 3.74. The molecule has 1 aliphatic rings. The van der Waals surface area contributed by atoms with E-state index in [-0.39, 0.29) is 5.78 Å². The Kier molecular flexibility index (Phi) is 6.36. The highest BCUT2D eigenvalue weighted by Gasteiger charge is 2.27. The molecule has 4 heterocycles. The molecule has 7 rings (SSSR count). The van der Waals surface area contributed by atoms with E-state index in [0.29, 0.717) is 11.9 Å². The van der Waals surface area contributed by atoms with Gasteiger partial charge >= 0.3 is 0 Å². The van der Waals surface area contributed by atoms with E-state index in [0.717, 1.165) is 65.9 Å². The number of carbonyl (C=O) groups is 1. The van der Waals surface area contributed by atoms with E-state index in [9.17, 15) is 4.79 Å². The first-order valence-corrected chi connectivity index (χ1v) is 14.4. The number of fused-ring (bicyclic) bond motifs is 4. The summed E-state index contributed by atoms with van der Waals surface area (Å²) < 4.78 is 10.1. The van der Waals surface area contributed by atoms with Gasteiger partial charge < -0.3 is 13.9 Å². The fourth-order valence-electron chi connectivity index (χ4n) is 6.93. The highest BCUT2D eigenvalue weighted by Crippen LogP contribution is 2.43. The molecule has 6 heteroatoms. The van der Waals surface area contributed by atoms with Gasteiger partial charge in [0.25, 0.3) is 0 Å². The summed E-state index contributed by atoms with van der Waals surface area (Å²) in [5, 5.41) is 3.47. The van der Waals surface area contributed by atoms with Crippen LogP contribution in [0.25, 0.3) is 44.0 Å². The summed E-state index contributed by atoms with van der Waals surface area (Å²) in [4.78, 5) is 20.2. The molecule has 41 heavy (non-hydrogen) atoms. The van der Waals surface area contributed by atoms with Crippen LogP contribution in [0.2, 0.25) is 0 Å². The van der Waals surface area contributed by atoms with Crippen molar-refractivity contribution >= 4 is 38.5 Å². The Morgan fingerprint density at radius 3 is 2.29 bits per heavy atom. The van der Waals surface area contributed by atoms with Gasteiger partial charge in [0.05, 0.1) is 29.6 Å². The molecule has 3 aromatic heterocycles. The van der Waals surface area contributed by atoms with Gasteiger partial charge in [0.1, 0.15) is 0 Å². The van der Waals surface area contributed by atoms with Crippen molar-refractivity contribution in [3.8, 4) is 17.1 Å². The molecular formula is C35H34N4O2. The van der Waals surface area contributed by atoms with Crippen LogP contribution >= 0.6 is 0 Å². The number of rotatable bonds is 6. The number of piperidine rings is 1. The normalized spacial score (nSPS) is 14.8. The third kappa shape index (κ3) is 4.21. The maximum Gasteiger partial charge on any atom is 0.213 e. The Bertz CT molecular complexity index is 1920. The predicted octanol–water partition coefficient (Wildman–Crippen LogP) is 7.40. The van der Waals surface area contributed by atoms with E-state index < -0.39 is 0 Å². The molecule has 6 nitrogen and oxygen atoms in total. The van der Waals surface area contributed by atoms with Gasteiger partial charge in [0, 0.05) is 71.5 Å². The van der Waals surface area contributed by atoms with Gasteiger partial charge in [-0.3, -0.25) is 9.69 Å². The fourth-order valence-corrected chi connectivity index (χ4v) is 6.93. The number of carbonyl (C=O) groups excluding carboxylic acids is 1. The van der Waals surface area contributed by atoms with E-state index >= 15 is 0 Å². The van der Waals surface area contributed by atoms with Crippen LogP contribution in [0, 0.1) is 0 Å². The Balaban J connectivity index is 1.31. The lowest BCUT2D eigenvalue weighted by Gasteiger charge is -2.33.